The number of carbonyl (C=O) groups excluding carboxylic acids is 2. The number of rotatable bonds is 9. The monoisotopic (exact) mass is 556 g/mol. The van der Waals surface area contributed by atoms with E-state index in [0.717, 1.165) is 30.8 Å². The van der Waals surface area contributed by atoms with Gasteiger partial charge in [0.1, 0.15) is 17.0 Å². The average molecular weight is 557 g/mol. The van der Waals surface area contributed by atoms with Gasteiger partial charge in [0.2, 0.25) is 5.95 Å². The Morgan fingerprint density at radius 2 is 1.95 bits per heavy atom. The van der Waals surface area contributed by atoms with Crippen molar-refractivity contribution in [3.63, 3.8) is 0 Å². The summed E-state index contributed by atoms with van der Waals surface area (Å²) in [4.78, 5) is 37.2. The van der Waals surface area contributed by atoms with Crippen LogP contribution in [0.1, 0.15) is 64.6 Å². The summed E-state index contributed by atoms with van der Waals surface area (Å²) in [6.45, 7) is 7.43. The first-order chi connectivity index (χ1) is 19.8. The van der Waals surface area contributed by atoms with Crippen molar-refractivity contribution in [2.45, 2.75) is 38.3 Å². The summed E-state index contributed by atoms with van der Waals surface area (Å²) in [5, 5.41) is 19.8. The molecule has 7 rings (SSSR count). The summed E-state index contributed by atoms with van der Waals surface area (Å²) in [6, 6.07) is 14.4. The van der Waals surface area contributed by atoms with Crippen molar-refractivity contribution >= 4 is 29.3 Å². The number of aliphatic hydroxyl groups is 1. The molecule has 5 heterocycles. The van der Waals surface area contributed by atoms with Gasteiger partial charge < -0.3 is 30.7 Å². The van der Waals surface area contributed by atoms with Crippen molar-refractivity contribution in [2.75, 3.05) is 43.4 Å². The largest absolute Gasteiger partial charge is 0.451 e. The predicted molar refractivity (Wildman–Crippen MR) is 155 cm³/mol. The van der Waals surface area contributed by atoms with Gasteiger partial charge in [0.15, 0.2) is 0 Å². The number of hydrogen-bond acceptors (Lipinski definition) is 9. The average Bonchev–Trinajstić information content (AvgIpc) is 3.22. The van der Waals surface area contributed by atoms with Gasteiger partial charge in [-0.2, -0.15) is 4.98 Å². The van der Waals surface area contributed by atoms with Gasteiger partial charge in [0.25, 0.3) is 5.91 Å². The zero-order chi connectivity index (χ0) is 28.6. The Morgan fingerprint density at radius 1 is 1.17 bits per heavy atom. The molecule has 2 atom stereocenters. The van der Waals surface area contributed by atoms with Crippen LogP contribution in [0.4, 0.5) is 17.5 Å². The van der Waals surface area contributed by atoms with Gasteiger partial charge in [0, 0.05) is 30.5 Å². The van der Waals surface area contributed by atoms with Crippen LogP contribution in [0.25, 0.3) is 0 Å². The third-order valence-corrected chi connectivity index (χ3v) is 8.54. The molecule has 1 amide bonds. The van der Waals surface area contributed by atoms with Crippen LogP contribution in [0.15, 0.2) is 54.7 Å². The quantitative estimate of drug-likeness (QED) is 0.291. The first kappa shape index (κ1) is 27.2. The standard InChI is InChI=1S/C31H36N6O4/c1-31(2)25-14-22(8-9-23(25)29(40)41-31)34-30-33-16-24(27(36-30)35-26(18-38)20-6-4-3-5-7-20)28(39)32-15-21-17-37-12-10-19(21)11-13-37/h3-9,14,16,19,21,26,38H,10-13,15,17-18H2,1-2H3,(H,32,39)(H2,33,34,35,36)/t21?,26-/m1/s1. The normalized spacial score (nSPS) is 22.9. The zero-order valence-electron chi connectivity index (χ0n) is 23.4. The molecule has 0 radical (unpaired) electrons. The van der Waals surface area contributed by atoms with Crippen molar-refractivity contribution in [3.05, 3.63) is 77.0 Å². The molecule has 2 bridgehead atoms. The fraction of sp³-hybridized carbons (Fsp3) is 0.419. The number of nitrogens with one attached hydrogen (secondary N) is 3. The molecule has 4 aliphatic rings. The third kappa shape index (κ3) is 5.62. The van der Waals surface area contributed by atoms with Gasteiger partial charge in [-0.05, 0) is 75.4 Å². The van der Waals surface area contributed by atoms with E-state index in [1.807, 2.05) is 50.2 Å². The van der Waals surface area contributed by atoms with Gasteiger partial charge >= 0.3 is 5.97 Å². The second-order valence-corrected chi connectivity index (χ2v) is 11.6. The molecular weight excluding hydrogens is 520 g/mol. The number of cyclic esters (lactones) is 1. The molecule has 2 aromatic carbocycles. The number of hydrogen-bond donors (Lipinski definition) is 4. The SMILES string of the molecule is CC1(C)OC(=O)c2ccc(Nc3ncc(C(=O)NCC4CN5CCC4CC5)c(N[C@H](CO)c4ccccc4)n3)cc21. The summed E-state index contributed by atoms with van der Waals surface area (Å²) in [6.07, 6.45) is 3.88. The van der Waals surface area contributed by atoms with Crippen LogP contribution in [0.5, 0.6) is 0 Å². The molecule has 0 spiro atoms. The highest BCUT2D eigenvalue weighted by Gasteiger charge is 2.38. The van der Waals surface area contributed by atoms with E-state index in [4.69, 9.17) is 4.74 Å². The van der Waals surface area contributed by atoms with E-state index in [-0.39, 0.29) is 24.4 Å². The van der Waals surface area contributed by atoms with E-state index in [0.29, 0.717) is 41.0 Å². The van der Waals surface area contributed by atoms with Crippen molar-refractivity contribution in [1.82, 2.24) is 20.2 Å². The highest BCUT2D eigenvalue weighted by Crippen LogP contribution is 2.38. The van der Waals surface area contributed by atoms with Gasteiger partial charge in [-0.25, -0.2) is 9.78 Å². The van der Waals surface area contributed by atoms with Crippen LogP contribution in [-0.2, 0) is 10.3 Å². The molecule has 0 saturated carbocycles. The smallest absolute Gasteiger partial charge is 0.339 e. The van der Waals surface area contributed by atoms with E-state index in [2.05, 4.69) is 30.8 Å². The summed E-state index contributed by atoms with van der Waals surface area (Å²) < 4.78 is 5.49. The van der Waals surface area contributed by atoms with Crippen molar-refractivity contribution in [3.8, 4) is 0 Å². The maximum Gasteiger partial charge on any atom is 0.339 e. The van der Waals surface area contributed by atoms with E-state index in [9.17, 15) is 14.7 Å². The summed E-state index contributed by atoms with van der Waals surface area (Å²) in [5.74, 6) is 1.08. The molecule has 41 heavy (non-hydrogen) atoms. The van der Waals surface area contributed by atoms with Crippen LogP contribution in [0.3, 0.4) is 0 Å². The number of aliphatic hydroxyl groups excluding tert-OH is 1. The lowest BCUT2D eigenvalue weighted by molar-refractivity contribution is 0.00953. The Hall–Kier alpha value is -4.02. The second-order valence-electron chi connectivity index (χ2n) is 11.6. The number of carbonyl (C=O) groups is 2. The number of amides is 1. The fourth-order valence-corrected chi connectivity index (χ4v) is 6.21. The molecule has 3 saturated heterocycles. The number of nitrogens with zero attached hydrogens (tertiary/aromatic N) is 3. The number of anilines is 3. The number of piperidine rings is 3. The van der Waals surface area contributed by atoms with Crippen LogP contribution >= 0.6 is 0 Å². The lowest BCUT2D eigenvalue weighted by Gasteiger charge is -2.44. The Balaban J connectivity index is 1.25. The molecule has 10 nitrogen and oxygen atoms in total. The fourth-order valence-electron chi connectivity index (χ4n) is 6.21. The van der Waals surface area contributed by atoms with Gasteiger partial charge in [-0.3, -0.25) is 4.79 Å². The Kier molecular flexibility index (Phi) is 7.35. The number of fused-ring (bicyclic) bond motifs is 4. The second kappa shape index (κ2) is 11.1. The van der Waals surface area contributed by atoms with Crippen molar-refractivity contribution in [2.24, 2.45) is 11.8 Å². The lowest BCUT2D eigenvalue weighted by Crippen LogP contribution is -2.50. The first-order valence-corrected chi connectivity index (χ1v) is 14.3. The van der Waals surface area contributed by atoms with Gasteiger partial charge in [-0.15, -0.1) is 0 Å². The topological polar surface area (TPSA) is 129 Å². The molecule has 1 aromatic heterocycles. The van der Waals surface area contributed by atoms with Crippen LogP contribution < -0.4 is 16.0 Å². The zero-order valence-corrected chi connectivity index (χ0v) is 23.4. The number of benzene rings is 2. The highest BCUT2D eigenvalue weighted by molar-refractivity contribution is 5.99. The van der Waals surface area contributed by atoms with Crippen molar-refractivity contribution in [1.29, 1.82) is 0 Å². The Morgan fingerprint density at radius 3 is 2.66 bits per heavy atom. The van der Waals surface area contributed by atoms with E-state index < -0.39 is 11.6 Å². The minimum absolute atomic E-state index is 0.189. The maximum atomic E-state index is 13.4. The molecule has 4 N–H and O–H groups in total. The summed E-state index contributed by atoms with van der Waals surface area (Å²) >= 11 is 0. The van der Waals surface area contributed by atoms with Gasteiger partial charge in [-0.1, -0.05) is 30.3 Å². The van der Waals surface area contributed by atoms with Gasteiger partial charge in [0.05, 0.1) is 18.2 Å². The number of ether oxygens (including phenoxy) is 1. The van der Waals surface area contributed by atoms with Crippen LogP contribution in [0, 0.1) is 11.8 Å². The minimum Gasteiger partial charge on any atom is -0.451 e. The first-order valence-electron chi connectivity index (χ1n) is 14.3. The number of esters is 1. The third-order valence-electron chi connectivity index (χ3n) is 8.54. The van der Waals surface area contributed by atoms with Crippen LogP contribution in [0.2, 0.25) is 0 Å². The van der Waals surface area contributed by atoms with E-state index in [1.54, 1.807) is 12.1 Å². The van der Waals surface area contributed by atoms with E-state index >= 15 is 0 Å². The lowest BCUT2D eigenvalue weighted by atomic mass is 9.79. The minimum atomic E-state index is -0.738. The summed E-state index contributed by atoms with van der Waals surface area (Å²) in [7, 11) is 0. The molecular formula is C31H36N6O4. The molecule has 1 unspecified atom stereocenters. The molecule has 214 valence electrons. The maximum absolute atomic E-state index is 13.4. The molecule has 0 aliphatic carbocycles. The van der Waals surface area contributed by atoms with Crippen molar-refractivity contribution < 1.29 is 19.4 Å². The molecule has 4 aliphatic heterocycles. The summed E-state index contributed by atoms with van der Waals surface area (Å²) in [5.41, 5.74) is 2.43. The van der Waals surface area contributed by atoms with E-state index in [1.165, 1.54) is 19.0 Å². The predicted octanol–water partition coefficient (Wildman–Crippen LogP) is 3.84. The Labute approximate surface area is 239 Å². The number of aromatic nitrogens is 2. The van der Waals surface area contributed by atoms with Crippen LogP contribution in [-0.4, -0.2) is 64.6 Å². The highest BCUT2D eigenvalue weighted by atomic mass is 16.6. The molecule has 3 aromatic rings. The molecule has 10 heteroatoms. The molecule has 3 fully saturated rings. The Bertz CT molecular complexity index is 1440.